The number of rotatable bonds is 5. The van der Waals surface area contributed by atoms with Crippen LogP contribution >= 0.6 is 0 Å². The van der Waals surface area contributed by atoms with Gasteiger partial charge in [0.15, 0.2) is 0 Å². The van der Waals surface area contributed by atoms with Crippen molar-refractivity contribution in [1.29, 1.82) is 0 Å². The van der Waals surface area contributed by atoms with Crippen molar-refractivity contribution in [2.75, 3.05) is 11.9 Å². The number of likely N-dealkylation sites (tertiary alicyclic amines) is 1. The van der Waals surface area contributed by atoms with Crippen molar-refractivity contribution in [3.8, 4) is 0 Å². The second kappa shape index (κ2) is 7.00. The maximum Gasteiger partial charge on any atom is 0.260 e. The van der Waals surface area contributed by atoms with Gasteiger partial charge in [0, 0.05) is 26.1 Å². The molecule has 0 aliphatic carbocycles. The predicted octanol–water partition coefficient (Wildman–Crippen LogP) is 2.66. The summed E-state index contributed by atoms with van der Waals surface area (Å²) in [5.41, 5.74) is 2.70. The number of hydrogen-bond donors (Lipinski definition) is 2. The van der Waals surface area contributed by atoms with Gasteiger partial charge in [-0.25, -0.2) is 4.98 Å². The highest BCUT2D eigenvalue weighted by Gasteiger charge is 2.20. The van der Waals surface area contributed by atoms with Crippen molar-refractivity contribution in [3.05, 3.63) is 70.0 Å². The van der Waals surface area contributed by atoms with Crippen LogP contribution in [0.5, 0.6) is 0 Å². The van der Waals surface area contributed by atoms with Crippen LogP contribution in [0.25, 0.3) is 10.9 Å². The number of carbonyl (C=O) groups is 1. The third kappa shape index (κ3) is 3.31. The summed E-state index contributed by atoms with van der Waals surface area (Å²) in [5.74, 6) is 0.661. The lowest BCUT2D eigenvalue weighted by atomic mass is 10.1. The largest absolute Gasteiger partial charge is 0.352 e. The molecule has 6 nitrogen and oxygen atoms in total. The van der Waals surface area contributed by atoms with Gasteiger partial charge in [0.05, 0.1) is 10.9 Å². The molecule has 132 valence electrons. The van der Waals surface area contributed by atoms with E-state index in [-0.39, 0.29) is 11.5 Å². The molecule has 3 aromatic rings. The molecular formula is C20H20N4O2. The van der Waals surface area contributed by atoms with E-state index < -0.39 is 0 Å². The molecule has 1 aromatic heterocycles. The molecule has 0 atom stereocenters. The Labute approximate surface area is 150 Å². The number of aromatic nitrogens is 2. The van der Waals surface area contributed by atoms with Crippen molar-refractivity contribution in [1.82, 2.24) is 14.9 Å². The number of nitrogens with one attached hydrogen (secondary N) is 2. The van der Waals surface area contributed by atoms with E-state index in [1.807, 2.05) is 47.4 Å². The molecular weight excluding hydrogens is 328 g/mol. The van der Waals surface area contributed by atoms with Gasteiger partial charge in [-0.3, -0.25) is 14.6 Å². The number of carbonyl (C=O) groups excluding carboxylic acids is 1. The highest BCUT2D eigenvalue weighted by atomic mass is 16.2. The van der Waals surface area contributed by atoms with Crippen LogP contribution in [0.2, 0.25) is 0 Å². The smallest absolute Gasteiger partial charge is 0.260 e. The first-order valence-electron chi connectivity index (χ1n) is 8.78. The van der Waals surface area contributed by atoms with Crippen LogP contribution in [-0.2, 0) is 17.9 Å². The average molecular weight is 348 g/mol. The summed E-state index contributed by atoms with van der Waals surface area (Å²) in [5, 5.41) is 3.78. The predicted molar refractivity (Wildman–Crippen MR) is 101 cm³/mol. The summed E-state index contributed by atoms with van der Waals surface area (Å²) in [6, 6.07) is 15.3. The van der Waals surface area contributed by atoms with E-state index >= 15 is 0 Å². The first kappa shape index (κ1) is 16.3. The quantitative estimate of drug-likeness (QED) is 0.743. The topological polar surface area (TPSA) is 78.1 Å². The maximum atomic E-state index is 12.2. The van der Waals surface area contributed by atoms with Gasteiger partial charge in [-0.1, -0.05) is 36.4 Å². The third-order valence-electron chi connectivity index (χ3n) is 4.71. The van der Waals surface area contributed by atoms with Gasteiger partial charge in [-0.2, -0.15) is 0 Å². The molecule has 2 aromatic carbocycles. The molecule has 0 bridgehead atoms. The lowest BCUT2D eigenvalue weighted by molar-refractivity contribution is -0.128. The zero-order chi connectivity index (χ0) is 17.9. The van der Waals surface area contributed by atoms with Crippen LogP contribution in [0.15, 0.2) is 53.3 Å². The molecule has 0 saturated carbocycles. The summed E-state index contributed by atoms with van der Waals surface area (Å²) in [4.78, 5) is 33.2. The average Bonchev–Trinajstić information content (AvgIpc) is 3.06. The van der Waals surface area contributed by atoms with E-state index in [1.165, 1.54) is 0 Å². The number of benzene rings is 2. The molecule has 1 aliphatic rings. The van der Waals surface area contributed by atoms with Crippen LogP contribution in [0, 0.1) is 0 Å². The molecule has 4 rings (SSSR count). The van der Waals surface area contributed by atoms with Crippen molar-refractivity contribution in [3.63, 3.8) is 0 Å². The van der Waals surface area contributed by atoms with Crippen molar-refractivity contribution in [2.24, 2.45) is 0 Å². The Morgan fingerprint density at radius 3 is 2.62 bits per heavy atom. The van der Waals surface area contributed by atoms with Crippen LogP contribution in [0.1, 0.15) is 24.0 Å². The Kier molecular flexibility index (Phi) is 4.39. The molecule has 2 N–H and O–H groups in total. The molecule has 26 heavy (non-hydrogen) atoms. The van der Waals surface area contributed by atoms with Crippen molar-refractivity contribution in [2.45, 2.75) is 25.9 Å². The van der Waals surface area contributed by atoms with Crippen LogP contribution in [-0.4, -0.2) is 27.3 Å². The van der Waals surface area contributed by atoms with Gasteiger partial charge < -0.3 is 10.2 Å². The number of nitrogens with zero attached hydrogens (tertiary/aromatic N) is 2. The summed E-state index contributed by atoms with van der Waals surface area (Å²) < 4.78 is 0. The Morgan fingerprint density at radius 2 is 1.81 bits per heavy atom. The fraction of sp³-hybridized carbons (Fsp3) is 0.250. The zero-order valence-electron chi connectivity index (χ0n) is 14.4. The molecule has 1 aliphatic heterocycles. The fourth-order valence-corrected chi connectivity index (χ4v) is 3.31. The van der Waals surface area contributed by atoms with Crippen LogP contribution in [0.3, 0.4) is 0 Å². The Bertz CT molecular complexity index is 1010. The maximum absolute atomic E-state index is 12.2. The molecule has 6 heteroatoms. The van der Waals surface area contributed by atoms with E-state index in [1.54, 1.807) is 6.07 Å². The van der Waals surface area contributed by atoms with Crippen LogP contribution < -0.4 is 10.9 Å². The summed E-state index contributed by atoms with van der Waals surface area (Å²) in [6.45, 7) is 1.97. The minimum Gasteiger partial charge on any atom is -0.352 e. The molecule has 1 amide bonds. The minimum atomic E-state index is -0.158. The molecule has 1 saturated heterocycles. The first-order chi connectivity index (χ1) is 12.7. The van der Waals surface area contributed by atoms with Crippen molar-refractivity contribution >= 4 is 22.8 Å². The van der Waals surface area contributed by atoms with Gasteiger partial charge in [0.2, 0.25) is 11.9 Å². The number of anilines is 1. The number of H-pyrrole nitrogens is 1. The van der Waals surface area contributed by atoms with E-state index in [0.717, 1.165) is 24.1 Å². The minimum absolute atomic E-state index is 0.158. The van der Waals surface area contributed by atoms with E-state index in [0.29, 0.717) is 36.4 Å². The normalized spacial score (nSPS) is 14.2. The number of aromatic amines is 1. The zero-order valence-corrected chi connectivity index (χ0v) is 14.4. The molecule has 2 heterocycles. The lowest BCUT2D eigenvalue weighted by Crippen LogP contribution is -2.24. The summed E-state index contributed by atoms with van der Waals surface area (Å²) >= 11 is 0. The Morgan fingerprint density at radius 1 is 1.04 bits per heavy atom. The molecule has 0 unspecified atom stereocenters. The number of fused-ring (bicyclic) bond motifs is 1. The Balaban J connectivity index is 1.53. The van der Waals surface area contributed by atoms with Gasteiger partial charge in [-0.05, 0) is 29.7 Å². The fourth-order valence-electron chi connectivity index (χ4n) is 3.31. The lowest BCUT2D eigenvalue weighted by Gasteiger charge is -2.18. The highest BCUT2D eigenvalue weighted by molar-refractivity contribution is 5.78. The van der Waals surface area contributed by atoms with Gasteiger partial charge in [-0.15, -0.1) is 0 Å². The van der Waals surface area contributed by atoms with Gasteiger partial charge in [0.25, 0.3) is 5.56 Å². The Hall–Kier alpha value is -3.15. The second-order valence-corrected chi connectivity index (χ2v) is 6.47. The van der Waals surface area contributed by atoms with Crippen LogP contribution in [0.4, 0.5) is 5.95 Å². The molecule has 0 spiro atoms. The third-order valence-corrected chi connectivity index (χ3v) is 4.71. The highest BCUT2D eigenvalue weighted by Crippen LogP contribution is 2.18. The molecule has 1 fully saturated rings. The molecule has 0 radical (unpaired) electrons. The number of para-hydroxylation sites is 1. The number of hydrogen-bond acceptors (Lipinski definition) is 4. The first-order valence-corrected chi connectivity index (χ1v) is 8.78. The van der Waals surface area contributed by atoms with E-state index in [2.05, 4.69) is 15.3 Å². The number of amides is 1. The summed E-state index contributed by atoms with van der Waals surface area (Å²) in [6.07, 6.45) is 1.57. The van der Waals surface area contributed by atoms with E-state index in [4.69, 9.17) is 0 Å². The van der Waals surface area contributed by atoms with Gasteiger partial charge in [0.1, 0.15) is 0 Å². The SMILES string of the molecule is O=C1CCCN1Cc1ccccc1CNc1nc2ccccc2c(=O)[nH]1. The van der Waals surface area contributed by atoms with Gasteiger partial charge >= 0.3 is 0 Å². The van der Waals surface area contributed by atoms with E-state index in [9.17, 15) is 9.59 Å². The monoisotopic (exact) mass is 348 g/mol. The van der Waals surface area contributed by atoms with Crippen molar-refractivity contribution < 1.29 is 4.79 Å². The summed E-state index contributed by atoms with van der Waals surface area (Å²) in [7, 11) is 0. The standard InChI is InChI=1S/C20H20N4O2/c25-18-10-5-11-24(18)13-15-7-2-1-6-14(15)12-21-20-22-17-9-4-3-8-16(17)19(26)23-20/h1-4,6-9H,5,10-13H2,(H2,21,22,23,26). The second-order valence-electron chi connectivity index (χ2n) is 6.47.